The second-order valence-corrected chi connectivity index (χ2v) is 9.50. The van der Waals surface area contributed by atoms with Crippen molar-refractivity contribution >= 4 is 34.8 Å². The van der Waals surface area contributed by atoms with E-state index in [-0.39, 0.29) is 34.2 Å². The zero-order chi connectivity index (χ0) is 26.4. The van der Waals surface area contributed by atoms with Gasteiger partial charge in [0, 0.05) is 16.8 Å². The third-order valence-corrected chi connectivity index (χ3v) is 6.54. The first-order valence-corrected chi connectivity index (χ1v) is 12.1. The van der Waals surface area contributed by atoms with E-state index < -0.39 is 17.5 Å². The fourth-order valence-electron chi connectivity index (χ4n) is 4.54. The molecule has 0 saturated heterocycles. The summed E-state index contributed by atoms with van der Waals surface area (Å²) in [5.74, 6) is -0.312. The molecule has 1 aliphatic heterocycles. The molecule has 0 radical (unpaired) electrons. The molecule has 0 bridgehead atoms. The number of nitrogens with one attached hydrogen (secondary N) is 1. The molecule has 0 aliphatic carbocycles. The van der Waals surface area contributed by atoms with Gasteiger partial charge in [-0.05, 0) is 29.7 Å². The van der Waals surface area contributed by atoms with Crippen LogP contribution in [0.2, 0.25) is 10.0 Å². The smallest absolute Gasteiger partial charge is 0.319 e. The number of pyridine rings is 1. The van der Waals surface area contributed by atoms with E-state index in [4.69, 9.17) is 37.8 Å². The van der Waals surface area contributed by atoms with Crippen LogP contribution in [-0.2, 0) is 0 Å². The van der Waals surface area contributed by atoms with Crippen LogP contribution in [-0.4, -0.2) is 44.9 Å². The van der Waals surface area contributed by atoms with E-state index in [1.165, 1.54) is 37.6 Å². The molecule has 1 N–H and O–H groups in total. The van der Waals surface area contributed by atoms with Crippen LogP contribution >= 0.6 is 23.2 Å². The molecular formula is C25H22Cl2N6O4. The number of H-pyrrole nitrogens is 1. The Kier molecular flexibility index (Phi) is 6.38. The van der Waals surface area contributed by atoms with E-state index in [2.05, 4.69) is 15.0 Å². The van der Waals surface area contributed by atoms with Gasteiger partial charge in [-0.1, -0.05) is 49.2 Å². The second-order valence-electron chi connectivity index (χ2n) is 8.63. The molecule has 12 heteroatoms. The molecule has 190 valence electrons. The van der Waals surface area contributed by atoms with Crippen LogP contribution in [0.25, 0.3) is 5.69 Å². The minimum absolute atomic E-state index is 0.0942. The lowest BCUT2D eigenvalue weighted by Crippen LogP contribution is -2.34. The van der Waals surface area contributed by atoms with Gasteiger partial charge in [0.1, 0.15) is 11.4 Å². The molecular weight excluding hydrogens is 519 g/mol. The number of benzene rings is 1. The first kappa shape index (κ1) is 24.8. The highest BCUT2D eigenvalue weighted by atomic mass is 35.5. The van der Waals surface area contributed by atoms with Crippen LogP contribution < -0.4 is 19.9 Å². The van der Waals surface area contributed by atoms with E-state index in [1.807, 2.05) is 26.0 Å². The Morgan fingerprint density at radius 3 is 2.41 bits per heavy atom. The average Bonchev–Trinajstić information content (AvgIpc) is 3.40. The fraction of sp³-hybridized carbons (Fsp3) is 0.240. The molecule has 4 aromatic rings. The number of halogens is 2. The van der Waals surface area contributed by atoms with Gasteiger partial charge in [-0.2, -0.15) is 10.1 Å². The molecule has 3 aromatic heterocycles. The normalized spacial score (nSPS) is 14.8. The standard InChI is InChI=1S/C25H22Cl2N6O4/c1-12(2)20-18-19(31-33(20)17-11-29-25(37-4)30-23(17)36-3)24(35)32(16-9-15(27)10-28-22(16)34)21(18)13-5-7-14(26)8-6-13/h5-12,21H,1-4H3,(H,28,34)/t21-/m1/s1. The van der Waals surface area contributed by atoms with Crippen molar-refractivity contribution in [3.05, 3.63) is 85.6 Å². The first-order valence-electron chi connectivity index (χ1n) is 11.3. The predicted molar refractivity (Wildman–Crippen MR) is 139 cm³/mol. The van der Waals surface area contributed by atoms with Gasteiger partial charge >= 0.3 is 6.01 Å². The van der Waals surface area contributed by atoms with Crippen molar-refractivity contribution in [3.63, 3.8) is 0 Å². The van der Waals surface area contributed by atoms with Crippen LogP contribution in [0, 0.1) is 0 Å². The molecule has 5 rings (SSSR count). The van der Waals surface area contributed by atoms with Crippen molar-refractivity contribution < 1.29 is 14.3 Å². The molecule has 0 unspecified atom stereocenters. The molecule has 10 nitrogen and oxygen atoms in total. The van der Waals surface area contributed by atoms with Gasteiger partial charge in [0.25, 0.3) is 11.5 Å². The van der Waals surface area contributed by atoms with Crippen molar-refractivity contribution in [2.24, 2.45) is 0 Å². The summed E-state index contributed by atoms with van der Waals surface area (Å²) < 4.78 is 12.2. The number of aromatic amines is 1. The number of hydrogen-bond donors (Lipinski definition) is 1. The molecule has 1 aliphatic rings. The van der Waals surface area contributed by atoms with Gasteiger partial charge in [0.2, 0.25) is 5.88 Å². The lowest BCUT2D eigenvalue weighted by Gasteiger charge is -2.27. The number of rotatable bonds is 6. The number of carbonyl (C=O) groups is 1. The largest absolute Gasteiger partial charge is 0.479 e. The number of nitrogens with zero attached hydrogens (tertiary/aromatic N) is 5. The van der Waals surface area contributed by atoms with Crippen molar-refractivity contribution in [1.29, 1.82) is 0 Å². The molecule has 0 spiro atoms. The quantitative estimate of drug-likeness (QED) is 0.381. The fourth-order valence-corrected chi connectivity index (χ4v) is 4.83. The minimum Gasteiger partial charge on any atom is -0.479 e. The van der Waals surface area contributed by atoms with Gasteiger partial charge in [-0.25, -0.2) is 9.67 Å². The predicted octanol–water partition coefficient (Wildman–Crippen LogP) is 4.55. The van der Waals surface area contributed by atoms with Crippen molar-refractivity contribution in [1.82, 2.24) is 24.7 Å². The monoisotopic (exact) mass is 540 g/mol. The Hall–Kier alpha value is -3.89. The third-order valence-electron chi connectivity index (χ3n) is 6.07. The Labute approximate surface area is 221 Å². The summed E-state index contributed by atoms with van der Waals surface area (Å²) in [6.07, 6.45) is 2.90. The SMILES string of the molecule is COc1ncc(-n2nc3c(c2C(C)C)[C@@H](c2ccc(Cl)cc2)N(c2cc(Cl)c[nH]c2=O)C3=O)c(OC)n1. The summed E-state index contributed by atoms with van der Waals surface area (Å²) in [6, 6.07) is 8.04. The van der Waals surface area contributed by atoms with Crippen molar-refractivity contribution in [2.75, 3.05) is 19.1 Å². The van der Waals surface area contributed by atoms with Crippen LogP contribution in [0.4, 0.5) is 5.69 Å². The van der Waals surface area contributed by atoms with Crippen LogP contribution in [0.3, 0.4) is 0 Å². The molecule has 0 fully saturated rings. The van der Waals surface area contributed by atoms with Gasteiger partial charge in [0.05, 0.1) is 37.2 Å². The van der Waals surface area contributed by atoms with E-state index in [1.54, 1.807) is 16.8 Å². The lowest BCUT2D eigenvalue weighted by molar-refractivity contribution is 0.0988. The van der Waals surface area contributed by atoms with Crippen LogP contribution in [0.1, 0.15) is 53.1 Å². The maximum Gasteiger partial charge on any atom is 0.319 e. The first-order chi connectivity index (χ1) is 17.7. The van der Waals surface area contributed by atoms with Gasteiger partial charge < -0.3 is 14.5 Å². The maximum absolute atomic E-state index is 13.9. The summed E-state index contributed by atoms with van der Waals surface area (Å²) in [5.41, 5.74) is 2.43. The van der Waals surface area contributed by atoms with E-state index >= 15 is 0 Å². The topological polar surface area (TPSA) is 115 Å². The summed E-state index contributed by atoms with van der Waals surface area (Å²) in [6.45, 7) is 3.98. The number of amides is 1. The van der Waals surface area contributed by atoms with Crippen LogP contribution in [0.5, 0.6) is 11.9 Å². The number of fused-ring (bicyclic) bond motifs is 1. The molecule has 0 saturated carbocycles. The zero-order valence-corrected chi connectivity index (χ0v) is 21.8. The highest BCUT2D eigenvalue weighted by molar-refractivity contribution is 6.31. The second kappa shape index (κ2) is 9.53. The minimum atomic E-state index is -0.671. The highest BCUT2D eigenvalue weighted by Crippen LogP contribution is 2.45. The summed E-state index contributed by atoms with van der Waals surface area (Å²) in [4.78, 5) is 39.3. The number of hydrogen-bond acceptors (Lipinski definition) is 7. The van der Waals surface area contributed by atoms with Gasteiger partial charge in [-0.15, -0.1) is 0 Å². The lowest BCUT2D eigenvalue weighted by atomic mass is 9.94. The van der Waals surface area contributed by atoms with E-state index in [0.29, 0.717) is 16.3 Å². The van der Waals surface area contributed by atoms with E-state index in [9.17, 15) is 9.59 Å². The summed E-state index contributed by atoms with van der Waals surface area (Å²) in [5, 5.41) is 5.53. The Morgan fingerprint density at radius 1 is 1.03 bits per heavy atom. The van der Waals surface area contributed by atoms with Crippen LogP contribution in [0.15, 0.2) is 47.5 Å². The molecule has 1 amide bonds. The zero-order valence-electron chi connectivity index (χ0n) is 20.3. The number of carbonyl (C=O) groups excluding carboxylic acids is 1. The van der Waals surface area contributed by atoms with Crippen molar-refractivity contribution in [3.8, 4) is 17.6 Å². The Bertz CT molecular complexity index is 1560. The number of aromatic nitrogens is 5. The number of ether oxygens (including phenoxy) is 2. The van der Waals surface area contributed by atoms with Gasteiger partial charge in [-0.3, -0.25) is 14.5 Å². The maximum atomic E-state index is 13.9. The Balaban J connectivity index is 1.79. The average molecular weight is 541 g/mol. The molecule has 4 heterocycles. The highest BCUT2D eigenvalue weighted by Gasteiger charge is 2.46. The molecule has 1 atom stereocenters. The molecule has 37 heavy (non-hydrogen) atoms. The summed E-state index contributed by atoms with van der Waals surface area (Å²) in [7, 11) is 2.93. The van der Waals surface area contributed by atoms with Gasteiger partial charge in [0.15, 0.2) is 5.69 Å². The van der Waals surface area contributed by atoms with Crippen molar-refractivity contribution in [2.45, 2.75) is 25.8 Å². The van der Waals surface area contributed by atoms with E-state index in [0.717, 1.165) is 11.3 Å². The summed E-state index contributed by atoms with van der Waals surface area (Å²) >= 11 is 12.4. The molecule has 1 aromatic carbocycles. The number of methoxy groups -OCH3 is 2. The third kappa shape index (κ3) is 4.11. The number of anilines is 1. The Morgan fingerprint density at radius 2 is 1.76 bits per heavy atom.